The number of carbonyl (C=O) groups excluding carboxylic acids is 2. The molecule has 3 N–H and O–H groups in total. The summed E-state index contributed by atoms with van der Waals surface area (Å²) >= 11 is 0. The fourth-order valence-electron chi connectivity index (χ4n) is 1.55. The number of alkyl carbamates (subject to hydrolysis) is 1. The van der Waals surface area contributed by atoms with Gasteiger partial charge in [0.2, 0.25) is 5.91 Å². The highest BCUT2D eigenvalue weighted by Gasteiger charge is 2.14. The highest BCUT2D eigenvalue weighted by atomic mass is 16.5. The SMILES string of the molecule is C=CCOC(=O)NCC(CNC(C)=O)c1ccc[nH]1. The summed E-state index contributed by atoms with van der Waals surface area (Å²) in [5.41, 5.74) is 0.942. The summed E-state index contributed by atoms with van der Waals surface area (Å²) in [5.74, 6) is -0.138. The average Bonchev–Trinajstić information content (AvgIpc) is 2.89. The van der Waals surface area contributed by atoms with E-state index in [1.165, 1.54) is 13.0 Å². The summed E-state index contributed by atoms with van der Waals surface area (Å²) in [6, 6.07) is 3.77. The van der Waals surface area contributed by atoms with Crippen LogP contribution < -0.4 is 10.6 Å². The van der Waals surface area contributed by atoms with Crippen LogP contribution in [0.2, 0.25) is 0 Å². The van der Waals surface area contributed by atoms with E-state index in [0.29, 0.717) is 13.1 Å². The Morgan fingerprint density at radius 3 is 2.79 bits per heavy atom. The third kappa shape index (κ3) is 5.76. The molecule has 1 rings (SSSR count). The lowest BCUT2D eigenvalue weighted by Crippen LogP contribution is -2.35. The molecule has 0 fully saturated rings. The molecule has 0 saturated heterocycles. The Bertz CT molecular complexity index is 415. The van der Waals surface area contributed by atoms with Gasteiger partial charge in [0, 0.05) is 37.8 Å². The van der Waals surface area contributed by atoms with E-state index < -0.39 is 6.09 Å². The third-order valence-electron chi connectivity index (χ3n) is 2.48. The Kier molecular flexibility index (Phi) is 6.21. The molecule has 1 atom stereocenters. The van der Waals surface area contributed by atoms with Gasteiger partial charge in [-0.05, 0) is 12.1 Å². The van der Waals surface area contributed by atoms with Crippen molar-refractivity contribution in [2.24, 2.45) is 0 Å². The molecule has 0 aliphatic heterocycles. The second kappa shape index (κ2) is 7.97. The summed E-state index contributed by atoms with van der Waals surface area (Å²) in [4.78, 5) is 25.4. The predicted octanol–water partition coefficient (Wildman–Crippen LogP) is 1.15. The van der Waals surface area contributed by atoms with Crippen LogP contribution in [0.15, 0.2) is 31.0 Å². The minimum Gasteiger partial charge on any atom is -0.445 e. The molecule has 1 heterocycles. The smallest absolute Gasteiger partial charge is 0.407 e. The number of hydrogen-bond acceptors (Lipinski definition) is 3. The van der Waals surface area contributed by atoms with Crippen molar-refractivity contribution in [2.75, 3.05) is 19.7 Å². The molecular weight excluding hydrogens is 246 g/mol. The predicted molar refractivity (Wildman–Crippen MR) is 71.8 cm³/mol. The van der Waals surface area contributed by atoms with Gasteiger partial charge in [-0.1, -0.05) is 12.7 Å². The summed E-state index contributed by atoms with van der Waals surface area (Å²) in [7, 11) is 0. The summed E-state index contributed by atoms with van der Waals surface area (Å²) in [5, 5.41) is 5.38. The molecule has 104 valence electrons. The minimum atomic E-state index is -0.501. The molecule has 1 unspecified atom stereocenters. The molecule has 0 bridgehead atoms. The number of amides is 2. The Balaban J connectivity index is 2.47. The van der Waals surface area contributed by atoms with Gasteiger partial charge in [-0.15, -0.1) is 0 Å². The van der Waals surface area contributed by atoms with Crippen molar-refractivity contribution >= 4 is 12.0 Å². The fourth-order valence-corrected chi connectivity index (χ4v) is 1.55. The van der Waals surface area contributed by atoms with Gasteiger partial charge < -0.3 is 20.4 Å². The van der Waals surface area contributed by atoms with Crippen molar-refractivity contribution in [3.05, 3.63) is 36.7 Å². The Morgan fingerprint density at radius 2 is 2.21 bits per heavy atom. The molecule has 0 spiro atoms. The maximum atomic E-state index is 11.3. The highest BCUT2D eigenvalue weighted by Crippen LogP contribution is 2.11. The highest BCUT2D eigenvalue weighted by molar-refractivity contribution is 5.72. The van der Waals surface area contributed by atoms with Gasteiger partial charge in [0.05, 0.1) is 0 Å². The van der Waals surface area contributed by atoms with Crippen molar-refractivity contribution < 1.29 is 14.3 Å². The topological polar surface area (TPSA) is 83.2 Å². The van der Waals surface area contributed by atoms with Crippen LogP contribution in [-0.2, 0) is 9.53 Å². The molecule has 6 heteroatoms. The van der Waals surface area contributed by atoms with Crippen LogP contribution in [0.3, 0.4) is 0 Å². The van der Waals surface area contributed by atoms with Gasteiger partial charge in [0.15, 0.2) is 0 Å². The second-order valence-corrected chi connectivity index (χ2v) is 4.03. The lowest BCUT2D eigenvalue weighted by molar-refractivity contribution is -0.119. The van der Waals surface area contributed by atoms with E-state index in [0.717, 1.165) is 5.69 Å². The number of rotatable bonds is 7. The molecule has 0 aliphatic rings. The second-order valence-electron chi connectivity index (χ2n) is 4.03. The Morgan fingerprint density at radius 1 is 1.47 bits per heavy atom. The molecule has 2 amide bonds. The first-order valence-electron chi connectivity index (χ1n) is 6.02. The van der Waals surface area contributed by atoms with Gasteiger partial charge >= 0.3 is 6.09 Å². The number of ether oxygens (including phenoxy) is 1. The van der Waals surface area contributed by atoms with Crippen molar-refractivity contribution in [2.45, 2.75) is 12.8 Å². The molecule has 6 nitrogen and oxygen atoms in total. The van der Waals surface area contributed by atoms with E-state index >= 15 is 0 Å². The van der Waals surface area contributed by atoms with Gasteiger partial charge in [0.25, 0.3) is 0 Å². The molecule has 19 heavy (non-hydrogen) atoms. The zero-order valence-corrected chi connectivity index (χ0v) is 10.9. The lowest BCUT2D eigenvalue weighted by Gasteiger charge is -2.16. The molecular formula is C13H19N3O3. The van der Waals surface area contributed by atoms with E-state index in [9.17, 15) is 9.59 Å². The van der Waals surface area contributed by atoms with Crippen LogP contribution in [0, 0.1) is 0 Å². The molecule has 0 radical (unpaired) electrons. The number of H-pyrrole nitrogens is 1. The maximum absolute atomic E-state index is 11.3. The molecule has 1 aromatic heterocycles. The van der Waals surface area contributed by atoms with E-state index in [-0.39, 0.29) is 18.4 Å². The molecule has 0 aliphatic carbocycles. The Hall–Kier alpha value is -2.24. The largest absolute Gasteiger partial charge is 0.445 e. The normalized spacial score (nSPS) is 11.4. The van der Waals surface area contributed by atoms with Gasteiger partial charge in [-0.2, -0.15) is 0 Å². The van der Waals surface area contributed by atoms with Crippen molar-refractivity contribution in [3.8, 4) is 0 Å². The Labute approximate surface area is 112 Å². The van der Waals surface area contributed by atoms with E-state index in [1.54, 1.807) is 6.20 Å². The maximum Gasteiger partial charge on any atom is 0.407 e. The van der Waals surface area contributed by atoms with Crippen LogP contribution in [0.5, 0.6) is 0 Å². The zero-order valence-electron chi connectivity index (χ0n) is 10.9. The van der Waals surface area contributed by atoms with E-state index in [1.807, 2.05) is 12.1 Å². The molecule has 0 aromatic carbocycles. The zero-order chi connectivity index (χ0) is 14.1. The van der Waals surface area contributed by atoms with Crippen LogP contribution in [-0.4, -0.2) is 36.7 Å². The first-order valence-corrected chi connectivity index (χ1v) is 6.02. The fraction of sp³-hybridized carbons (Fsp3) is 0.385. The van der Waals surface area contributed by atoms with Gasteiger partial charge in [-0.25, -0.2) is 4.79 Å². The first-order chi connectivity index (χ1) is 9.13. The number of carbonyl (C=O) groups is 2. The number of hydrogen-bond donors (Lipinski definition) is 3. The molecule has 0 saturated carbocycles. The monoisotopic (exact) mass is 265 g/mol. The first kappa shape index (κ1) is 14.8. The van der Waals surface area contributed by atoms with Crippen molar-refractivity contribution in [3.63, 3.8) is 0 Å². The lowest BCUT2D eigenvalue weighted by atomic mass is 10.1. The number of aromatic nitrogens is 1. The standard InChI is InChI=1S/C13H19N3O3/c1-3-7-19-13(18)16-9-11(8-15-10(2)17)12-5-4-6-14-12/h3-6,11,14H,1,7-9H2,2H3,(H,15,17)(H,16,18). The van der Waals surface area contributed by atoms with Crippen LogP contribution in [0.1, 0.15) is 18.5 Å². The van der Waals surface area contributed by atoms with Crippen molar-refractivity contribution in [1.29, 1.82) is 0 Å². The van der Waals surface area contributed by atoms with Gasteiger partial charge in [-0.3, -0.25) is 4.79 Å². The summed E-state index contributed by atoms with van der Waals surface area (Å²) in [6.45, 7) is 5.90. The van der Waals surface area contributed by atoms with Crippen LogP contribution in [0.4, 0.5) is 4.79 Å². The van der Waals surface area contributed by atoms with E-state index in [4.69, 9.17) is 4.74 Å². The summed E-state index contributed by atoms with van der Waals surface area (Å²) < 4.78 is 4.82. The van der Waals surface area contributed by atoms with Crippen LogP contribution >= 0.6 is 0 Å². The minimum absolute atomic E-state index is 0.0322. The van der Waals surface area contributed by atoms with Crippen molar-refractivity contribution in [1.82, 2.24) is 15.6 Å². The number of aromatic amines is 1. The quantitative estimate of drug-likeness (QED) is 0.647. The third-order valence-corrected chi connectivity index (χ3v) is 2.48. The molecule has 1 aromatic rings. The number of nitrogens with one attached hydrogen (secondary N) is 3. The van der Waals surface area contributed by atoms with E-state index in [2.05, 4.69) is 22.2 Å². The van der Waals surface area contributed by atoms with Gasteiger partial charge in [0.1, 0.15) is 6.61 Å². The van der Waals surface area contributed by atoms with Crippen LogP contribution in [0.25, 0.3) is 0 Å². The average molecular weight is 265 g/mol. The summed E-state index contributed by atoms with van der Waals surface area (Å²) in [6.07, 6.45) is 2.80.